The van der Waals surface area contributed by atoms with E-state index in [2.05, 4.69) is 15.3 Å². The van der Waals surface area contributed by atoms with Crippen molar-refractivity contribution in [2.24, 2.45) is 5.73 Å². The largest absolute Gasteiger partial charge is 0.489 e. The molecule has 0 fully saturated rings. The molecule has 0 aliphatic heterocycles. The van der Waals surface area contributed by atoms with Crippen molar-refractivity contribution in [3.05, 3.63) is 83.9 Å². The summed E-state index contributed by atoms with van der Waals surface area (Å²) in [6, 6.07) is 16.0. The molecule has 3 aromatic rings. The van der Waals surface area contributed by atoms with E-state index < -0.39 is 12.1 Å². The van der Waals surface area contributed by atoms with Gasteiger partial charge in [-0.3, -0.25) is 4.79 Å². The molecule has 1 amide bonds. The van der Waals surface area contributed by atoms with E-state index in [9.17, 15) is 9.59 Å². The first kappa shape index (κ1) is 20.3. The number of ether oxygens (including phenoxy) is 1. The fourth-order valence-electron chi connectivity index (χ4n) is 2.87. The second-order valence-corrected chi connectivity index (χ2v) is 6.76. The van der Waals surface area contributed by atoms with Gasteiger partial charge in [-0.05, 0) is 29.7 Å². The van der Waals surface area contributed by atoms with Crippen molar-refractivity contribution in [2.75, 3.05) is 0 Å². The molecule has 7 heteroatoms. The minimum absolute atomic E-state index is 0.324. The van der Waals surface area contributed by atoms with E-state index in [0.29, 0.717) is 19.4 Å². The van der Waals surface area contributed by atoms with Crippen LogP contribution in [0.15, 0.2) is 67.1 Å². The Labute approximate surface area is 169 Å². The first-order valence-electron chi connectivity index (χ1n) is 9.38. The zero-order valence-electron chi connectivity index (χ0n) is 16.0. The van der Waals surface area contributed by atoms with Crippen molar-refractivity contribution >= 4 is 12.2 Å². The summed E-state index contributed by atoms with van der Waals surface area (Å²) in [5.41, 5.74) is 8.68. The molecule has 0 saturated heterocycles. The number of benzene rings is 2. The monoisotopic (exact) mass is 392 g/mol. The molecular formula is C22H24N4O3. The Bertz CT molecular complexity index is 896. The van der Waals surface area contributed by atoms with Gasteiger partial charge in [0.2, 0.25) is 5.91 Å². The van der Waals surface area contributed by atoms with Crippen LogP contribution in [-0.4, -0.2) is 34.2 Å². The molecule has 0 radical (unpaired) electrons. The Morgan fingerprint density at radius 3 is 2.52 bits per heavy atom. The first-order chi connectivity index (χ1) is 14.1. The van der Waals surface area contributed by atoms with E-state index in [1.54, 1.807) is 6.20 Å². The van der Waals surface area contributed by atoms with Crippen LogP contribution < -0.4 is 15.8 Å². The van der Waals surface area contributed by atoms with Gasteiger partial charge in [-0.2, -0.15) is 0 Å². The SMILES string of the molecule is N[C@@H](Cc1cnc[nH]1)C(=O)N[C@H](C=O)Cc1ccc(OCc2ccccc2)cc1. The minimum atomic E-state index is -0.758. The Balaban J connectivity index is 1.49. The number of aromatic nitrogens is 2. The van der Waals surface area contributed by atoms with Gasteiger partial charge in [-0.15, -0.1) is 0 Å². The molecule has 3 rings (SSSR count). The molecule has 0 aliphatic carbocycles. The van der Waals surface area contributed by atoms with Crippen molar-refractivity contribution < 1.29 is 14.3 Å². The quantitative estimate of drug-likeness (QED) is 0.456. The molecule has 0 aliphatic rings. The molecule has 0 bridgehead atoms. The summed E-state index contributed by atoms with van der Waals surface area (Å²) in [4.78, 5) is 30.5. The number of carbonyl (C=O) groups excluding carboxylic acids is 2. The lowest BCUT2D eigenvalue weighted by Gasteiger charge is -2.16. The van der Waals surface area contributed by atoms with Crippen LogP contribution in [0.5, 0.6) is 5.75 Å². The van der Waals surface area contributed by atoms with Crippen molar-refractivity contribution in [3.8, 4) is 5.75 Å². The molecular weight excluding hydrogens is 368 g/mol. The normalized spacial score (nSPS) is 12.7. The maximum atomic E-state index is 12.3. The highest BCUT2D eigenvalue weighted by atomic mass is 16.5. The van der Waals surface area contributed by atoms with Crippen LogP contribution in [0.3, 0.4) is 0 Å². The highest BCUT2D eigenvalue weighted by Gasteiger charge is 2.19. The third kappa shape index (κ3) is 6.29. The smallest absolute Gasteiger partial charge is 0.237 e. The minimum Gasteiger partial charge on any atom is -0.489 e. The molecule has 1 heterocycles. The van der Waals surface area contributed by atoms with Crippen LogP contribution >= 0.6 is 0 Å². The third-order valence-electron chi connectivity index (χ3n) is 4.45. The second-order valence-electron chi connectivity index (χ2n) is 6.76. The lowest BCUT2D eigenvalue weighted by atomic mass is 10.1. The molecule has 0 unspecified atom stereocenters. The average Bonchev–Trinajstić information content (AvgIpc) is 3.26. The van der Waals surface area contributed by atoms with E-state index in [0.717, 1.165) is 28.9 Å². The Morgan fingerprint density at radius 2 is 1.86 bits per heavy atom. The predicted octanol–water partition coefficient (Wildman–Crippen LogP) is 1.78. The molecule has 7 nitrogen and oxygen atoms in total. The summed E-state index contributed by atoms with van der Waals surface area (Å²) < 4.78 is 5.76. The fourth-order valence-corrected chi connectivity index (χ4v) is 2.87. The van der Waals surface area contributed by atoms with Gasteiger partial charge in [0.1, 0.15) is 18.6 Å². The van der Waals surface area contributed by atoms with E-state index in [1.165, 1.54) is 6.33 Å². The predicted molar refractivity (Wildman–Crippen MR) is 109 cm³/mol. The standard InChI is InChI=1S/C22H24N4O3/c23-21(11-18-12-24-15-25-18)22(28)26-19(13-27)10-16-6-8-20(9-7-16)29-14-17-4-2-1-3-5-17/h1-9,12-13,15,19,21H,10-11,14,23H2,(H,24,25)(H,26,28)/t19-,21-/m0/s1. The van der Waals surface area contributed by atoms with Gasteiger partial charge in [0.05, 0.1) is 18.4 Å². The summed E-state index contributed by atoms with van der Waals surface area (Å²) in [6.07, 6.45) is 4.57. The Morgan fingerprint density at radius 1 is 1.10 bits per heavy atom. The highest BCUT2D eigenvalue weighted by Crippen LogP contribution is 2.15. The van der Waals surface area contributed by atoms with Gasteiger partial charge in [0.25, 0.3) is 0 Å². The lowest BCUT2D eigenvalue weighted by Crippen LogP contribution is -2.47. The molecule has 0 saturated carbocycles. The Kier molecular flexibility index (Phi) is 7.13. The number of rotatable bonds is 10. The number of carbonyl (C=O) groups is 2. The number of amides is 1. The zero-order chi connectivity index (χ0) is 20.5. The number of H-pyrrole nitrogens is 1. The van der Waals surface area contributed by atoms with Gasteiger partial charge < -0.3 is 25.6 Å². The molecule has 1 aromatic heterocycles. The molecule has 4 N–H and O–H groups in total. The molecule has 150 valence electrons. The maximum Gasteiger partial charge on any atom is 0.237 e. The van der Waals surface area contributed by atoms with Crippen LogP contribution in [0.4, 0.5) is 0 Å². The summed E-state index contributed by atoms with van der Waals surface area (Å²) in [5.74, 6) is 0.366. The van der Waals surface area contributed by atoms with Crippen LogP contribution in [0.2, 0.25) is 0 Å². The van der Waals surface area contributed by atoms with Gasteiger partial charge in [-0.25, -0.2) is 4.98 Å². The molecule has 0 spiro atoms. The highest BCUT2D eigenvalue weighted by molar-refractivity contribution is 5.84. The second kappa shape index (κ2) is 10.2. The number of imidazole rings is 1. The van der Waals surface area contributed by atoms with Crippen LogP contribution in [0.1, 0.15) is 16.8 Å². The molecule has 2 atom stereocenters. The summed E-state index contributed by atoms with van der Waals surface area (Å²) >= 11 is 0. The van der Waals surface area contributed by atoms with E-state index >= 15 is 0 Å². The summed E-state index contributed by atoms with van der Waals surface area (Å²) in [6.45, 7) is 0.488. The zero-order valence-corrected chi connectivity index (χ0v) is 16.0. The Hall–Kier alpha value is -3.45. The van der Waals surface area contributed by atoms with Crippen molar-refractivity contribution in [1.82, 2.24) is 15.3 Å². The molecule has 2 aromatic carbocycles. The van der Waals surface area contributed by atoms with Crippen LogP contribution in [0, 0.1) is 0 Å². The fraction of sp³-hybridized carbons (Fsp3) is 0.227. The van der Waals surface area contributed by atoms with E-state index in [-0.39, 0.29) is 5.91 Å². The number of hydrogen-bond donors (Lipinski definition) is 3. The van der Waals surface area contributed by atoms with Crippen LogP contribution in [-0.2, 0) is 29.0 Å². The van der Waals surface area contributed by atoms with Crippen LogP contribution in [0.25, 0.3) is 0 Å². The van der Waals surface area contributed by atoms with E-state index in [4.69, 9.17) is 10.5 Å². The number of nitrogens with two attached hydrogens (primary N) is 1. The van der Waals surface area contributed by atoms with E-state index in [1.807, 2.05) is 54.6 Å². The average molecular weight is 392 g/mol. The first-order valence-corrected chi connectivity index (χ1v) is 9.38. The summed E-state index contributed by atoms with van der Waals surface area (Å²) in [7, 11) is 0. The number of aldehydes is 1. The van der Waals surface area contributed by atoms with Crippen molar-refractivity contribution in [3.63, 3.8) is 0 Å². The van der Waals surface area contributed by atoms with Gasteiger partial charge in [0.15, 0.2) is 0 Å². The van der Waals surface area contributed by atoms with Gasteiger partial charge >= 0.3 is 0 Å². The number of nitrogens with zero attached hydrogens (tertiary/aromatic N) is 1. The lowest BCUT2D eigenvalue weighted by molar-refractivity contribution is -0.125. The molecule has 29 heavy (non-hydrogen) atoms. The number of aromatic amines is 1. The van der Waals surface area contributed by atoms with Gasteiger partial charge in [0, 0.05) is 18.3 Å². The third-order valence-corrected chi connectivity index (χ3v) is 4.45. The number of hydrogen-bond acceptors (Lipinski definition) is 5. The van der Waals surface area contributed by atoms with Crippen molar-refractivity contribution in [2.45, 2.75) is 31.5 Å². The van der Waals surface area contributed by atoms with Crippen molar-refractivity contribution in [1.29, 1.82) is 0 Å². The topological polar surface area (TPSA) is 110 Å². The number of nitrogens with one attached hydrogen (secondary N) is 2. The summed E-state index contributed by atoms with van der Waals surface area (Å²) in [5, 5.41) is 2.69. The van der Waals surface area contributed by atoms with Gasteiger partial charge in [-0.1, -0.05) is 42.5 Å². The maximum absolute atomic E-state index is 12.3.